The van der Waals surface area contributed by atoms with Crippen molar-refractivity contribution in [1.82, 2.24) is 9.97 Å². The van der Waals surface area contributed by atoms with Crippen LogP contribution in [0.5, 0.6) is 0 Å². The number of nitrogens with one attached hydrogen (secondary N) is 1. The topological polar surface area (TPSA) is 58.1 Å². The summed E-state index contributed by atoms with van der Waals surface area (Å²) >= 11 is 0. The normalized spacial score (nSPS) is 15.0. The molecule has 126 valence electrons. The van der Waals surface area contributed by atoms with E-state index in [2.05, 4.69) is 20.2 Å². The first kappa shape index (κ1) is 16.4. The molecule has 1 saturated heterocycles. The second-order valence-corrected chi connectivity index (χ2v) is 6.33. The molecule has 0 atom stereocenters. The minimum Gasteiger partial charge on any atom is -0.356 e. The van der Waals surface area contributed by atoms with Crippen molar-refractivity contribution >= 4 is 17.4 Å². The fraction of sp³-hybridized carbons (Fsp3) is 0.421. The van der Waals surface area contributed by atoms with Gasteiger partial charge in [0.05, 0.1) is 0 Å². The number of para-hydroxylation sites is 1. The summed E-state index contributed by atoms with van der Waals surface area (Å²) in [4.78, 5) is 23.7. The van der Waals surface area contributed by atoms with Crippen LogP contribution in [0.2, 0.25) is 0 Å². The molecule has 2 aromatic rings. The summed E-state index contributed by atoms with van der Waals surface area (Å²) in [7, 11) is 0. The number of carbonyl (C=O) groups is 1. The molecule has 2 heterocycles. The van der Waals surface area contributed by atoms with Gasteiger partial charge >= 0.3 is 0 Å². The highest BCUT2D eigenvalue weighted by molar-refractivity contribution is 6.03. The van der Waals surface area contributed by atoms with Crippen LogP contribution in [0.4, 0.5) is 11.5 Å². The van der Waals surface area contributed by atoms with Crippen molar-refractivity contribution in [2.45, 2.75) is 39.5 Å². The fourth-order valence-electron chi connectivity index (χ4n) is 3.03. The van der Waals surface area contributed by atoms with Crippen LogP contribution in [0.1, 0.15) is 47.6 Å². The Morgan fingerprint density at radius 2 is 1.75 bits per heavy atom. The van der Waals surface area contributed by atoms with Gasteiger partial charge in [-0.25, -0.2) is 9.97 Å². The molecule has 1 amide bonds. The summed E-state index contributed by atoms with van der Waals surface area (Å²) in [6.07, 6.45) is 4.88. The lowest BCUT2D eigenvalue weighted by atomic mass is 10.2. The molecular weight excluding hydrogens is 300 g/mol. The number of hydrogen-bond donors (Lipinski definition) is 1. The monoisotopic (exact) mass is 324 g/mol. The summed E-state index contributed by atoms with van der Waals surface area (Å²) in [5, 5.41) is 2.95. The maximum atomic E-state index is 12.6. The summed E-state index contributed by atoms with van der Waals surface area (Å²) in [5.41, 5.74) is 2.27. The van der Waals surface area contributed by atoms with Crippen LogP contribution in [0.3, 0.4) is 0 Å². The number of nitrogens with zero attached hydrogens (tertiary/aromatic N) is 3. The molecule has 0 aliphatic carbocycles. The quantitative estimate of drug-likeness (QED) is 0.934. The standard InChI is InChI=1S/C19H24N4O/c1-14-9-5-6-10-16(14)22-19(24)17-13-18(21-15(2)20-17)23-11-7-3-4-8-12-23/h5-6,9-10,13H,3-4,7-8,11-12H2,1-2H3,(H,22,24). The molecule has 0 unspecified atom stereocenters. The molecule has 0 saturated carbocycles. The Balaban J connectivity index is 1.82. The van der Waals surface area contributed by atoms with Crippen molar-refractivity contribution in [3.63, 3.8) is 0 Å². The van der Waals surface area contributed by atoms with Crippen molar-refractivity contribution in [1.29, 1.82) is 0 Å². The van der Waals surface area contributed by atoms with E-state index in [9.17, 15) is 4.79 Å². The first-order chi connectivity index (χ1) is 11.6. The zero-order valence-electron chi connectivity index (χ0n) is 14.4. The van der Waals surface area contributed by atoms with Crippen molar-refractivity contribution in [3.05, 3.63) is 47.4 Å². The summed E-state index contributed by atoms with van der Waals surface area (Å²) in [6.45, 7) is 5.81. The van der Waals surface area contributed by atoms with E-state index in [1.54, 1.807) is 0 Å². The number of aryl methyl sites for hydroxylation is 2. The lowest BCUT2D eigenvalue weighted by Gasteiger charge is -2.22. The molecule has 0 radical (unpaired) electrons. The van der Waals surface area contributed by atoms with Gasteiger partial charge in [-0.1, -0.05) is 31.0 Å². The maximum absolute atomic E-state index is 12.6. The van der Waals surface area contributed by atoms with Crippen LogP contribution in [0.15, 0.2) is 30.3 Å². The highest BCUT2D eigenvalue weighted by Gasteiger charge is 2.16. The molecule has 24 heavy (non-hydrogen) atoms. The number of amides is 1. The van der Waals surface area contributed by atoms with Crippen LogP contribution in [-0.2, 0) is 0 Å². The van der Waals surface area contributed by atoms with Gasteiger partial charge in [-0.05, 0) is 38.3 Å². The van der Waals surface area contributed by atoms with E-state index in [0.717, 1.165) is 30.2 Å². The van der Waals surface area contributed by atoms with Crippen LogP contribution in [0, 0.1) is 13.8 Å². The number of carbonyl (C=O) groups excluding carboxylic acids is 1. The van der Waals surface area contributed by atoms with Gasteiger partial charge in [0, 0.05) is 24.8 Å². The van der Waals surface area contributed by atoms with Gasteiger partial charge in [0.2, 0.25) is 0 Å². The molecular formula is C19H24N4O. The molecule has 1 N–H and O–H groups in total. The second kappa shape index (κ2) is 7.43. The van der Waals surface area contributed by atoms with Crippen molar-refractivity contribution in [3.8, 4) is 0 Å². The first-order valence-electron chi connectivity index (χ1n) is 8.61. The molecule has 1 aromatic heterocycles. The highest BCUT2D eigenvalue weighted by Crippen LogP contribution is 2.20. The van der Waals surface area contributed by atoms with Crippen LogP contribution < -0.4 is 10.2 Å². The zero-order chi connectivity index (χ0) is 16.9. The van der Waals surface area contributed by atoms with Gasteiger partial charge in [-0.3, -0.25) is 4.79 Å². The van der Waals surface area contributed by atoms with Crippen molar-refractivity contribution in [2.75, 3.05) is 23.3 Å². The highest BCUT2D eigenvalue weighted by atomic mass is 16.1. The van der Waals surface area contributed by atoms with Gasteiger partial charge in [-0.15, -0.1) is 0 Å². The first-order valence-corrected chi connectivity index (χ1v) is 8.61. The molecule has 5 heteroatoms. The average molecular weight is 324 g/mol. The van der Waals surface area contributed by atoms with E-state index >= 15 is 0 Å². The lowest BCUT2D eigenvalue weighted by molar-refractivity contribution is 0.102. The molecule has 0 bridgehead atoms. The number of benzene rings is 1. The fourth-order valence-corrected chi connectivity index (χ4v) is 3.03. The van der Waals surface area contributed by atoms with Gasteiger partial charge in [0.25, 0.3) is 5.91 Å². The third kappa shape index (κ3) is 3.91. The Bertz CT molecular complexity index is 721. The Kier molecular flexibility index (Phi) is 5.08. The largest absolute Gasteiger partial charge is 0.356 e. The summed E-state index contributed by atoms with van der Waals surface area (Å²) in [6, 6.07) is 9.56. The molecule has 1 aliphatic heterocycles. The SMILES string of the molecule is Cc1nc(C(=O)Nc2ccccc2C)cc(N2CCCCCC2)n1. The van der Waals surface area contributed by atoms with Crippen molar-refractivity contribution in [2.24, 2.45) is 0 Å². The molecule has 5 nitrogen and oxygen atoms in total. The number of anilines is 2. The van der Waals surface area contributed by atoms with Crippen LogP contribution >= 0.6 is 0 Å². The minimum absolute atomic E-state index is 0.189. The number of aromatic nitrogens is 2. The minimum atomic E-state index is -0.189. The average Bonchev–Trinajstić information content (AvgIpc) is 2.85. The van der Waals surface area contributed by atoms with Crippen LogP contribution in [0.25, 0.3) is 0 Å². The van der Waals surface area contributed by atoms with Gasteiger partial charge in [0.15, 0.2) is 0 Å². The van der Waals surface area contributed by atoms with Gasteiger partial charge in [0.1, 0.15) is 17.3 Å². The van der Waals surface area contributed by atoms with E-state index in [0.29, 0.717) is 11.5 Å². The predicted molar refractivity (Wildman–Crippen MR) is 96.6 cm³/mol. The molecule has 0 spiro atoms. The second-order valence-electron chi connectivity index (χ2n) is 6.33. The Labute approximate surface area is 143 Å². The van der Waals surface area contributed by atoms with E-state index in [4.69, 9.17) is 0 Å². The Hall–Kier alpha value is -2.43. The van der Waals surface area contributed by atoms with E-state index in [-0.39, 0.29) is 5.91 Å². The van der Waals surface area contributed by atoms with Crippen molar-refractivity contribution < 1.29 is 4.79 Å². The molecule has 3 rings (SSSR count). The van der Waals surface area contributed by atoms with E-state index in [1.807, 2.05) is 44.2 Å². The third-order valence-corrected chi connectivity index (χ3v) is 4.38. The third-order valence-electron chi connectivity index (χ3n) is 4.38. The zero-order valence-corrected chi connectivity index (χ0v) is 14.4. The molecule has 1 fully saturated rings. The Morgan fingerprint density at radius 1 is 1.04 bits per heavy atom. The van der Waals surface area contributed by atoms with E-state index < -0.39 is 0 Å². The predicted octanol–water partition coefficient (Wildman–Crippen LogP) is 3.73. The summed E-state index contributed by atoms with van der Waals surface area (Å²) in [5.74, 6) is 1.30. The molecule has 1 aliphatic rings. The van der Waals surface area contributed by atoms with Gasteiger partial charge < -0.3 is 10.2 Å². The molecule has 1 aromatic carbocycles. The van der Waals surface area contributed by atoms with Gasteiger partial charge in [-0.2, -0.15) is 0 Å². The van der Waals surface area contributed by atoms with E-state index in [1.165, 1.54) is 25.7 Å². The smallest absolute Gasteiger partial charge is 0.274 e. The lowest BCUT2D eigenvalue weighted by Crippen LogP contribution is -2.26. The maximum Gasteiger partial charge on any atom is 0.274 e. The number of hydrogen-bond acceptors (Lipinski definition) is 4. The number of rotatable bonds is 3. The van der Waals surface area contributed by atoms with Crippen LogP contribution in [-0.4, -0.2) is 29.0 Å². The Morgan fingerprint density at radius 3 is 2.46 bits per heavy atom. The summed E-state index contributed by atoms with van der Waals surface area (Å²) < 4.78 is 0.